The number of rotatable bonds is 5. The third kappa shape index (κ3) is 4.69. The van der Waals surface area contributed by atoms with Crippen molar-refractivity contribution in [3.05, 3.63) is 106 Å². The number of nitrogens with zero attached hydrogens (tertiary/aromatic N) is 2. The second kappa shape index (κ2) is 9.76. The Kier molecular flexibility index (Phi) is 6.62. The fourth-order valence-electron chi connectivity index (χ4n) is 3.81. The van der Waals surface area contributed by atoms with Crippen LogP contribution < -0.4 is 10.2 Å². The molecule has 0 saturated carbocycles. The van der Waals surface area contributed by atoms with Crippen molar-refractivity contribution >= 4 is 35.0 Å². The third-order valence-corrected chi connectivity index (χ3v) is 6.77. The van der Waals surface area contributed by atoms with E-state index >= 15 is 0 Å². The number of benzene rings is 3. The number of hydrogen-bond acceptors (Lipinski definition) is 4. The van der Waals surface area contributed by atoms with Crippen LogP contribution in [0.3, 0.4) is 0 Å². The average Bonchev–Trinajstić information content (AvgIpc) is 3.13. The van der Waals surface area contributed by atoms with Gasteiger partial charge < -0.3 is 5.32 Å². The van der Waals surface area contributed by atoms with E-state index in [0.29, 0.717) is 22.8 Å². The summed E-state index contributed by atoms with van der Waals surface area (Å²) < 4.78 is 0. The van der Waals surface area contributed by atoms with E-state index in [1.165, 1.54) is 16.7 Å². The summed E-state index contributed by atoms with van der Waals surface area (Å²) in [6.07, 6.45) is 0.508. The molecule has 1 aliphatic heterocycles. The van der Waals surface area contributed by atoms with Crippen LogP contribution >= 0.6 is 11.8 Å². The minimum absolute atomic E-state index is 0.0737. The molecule has 0 spiro atoms. The lowest BCUT2D eigenvalue weighted by molar-refractivity contribution is -0.117. The molecule has 5 nitrogen and oxygen atoms in total. The molecular weight excluding hydrogens is 430 g/mol. The first-order valence-electron chi connectivity index (χ1n) is 10.6. The Morgan fingerprint density at radius 2 is 1.58 bits per heavy atom. The number of nitrogens with one attached hydrogen (secondary N) is 1. The lowest BCUT2D eigenvalue weighted by Crippen LogP contribution is -2.31. The quantitative estimate of drug-likeness (QED) is 0.416. The number of aryl methyl sites for hydroxylation is 2. The molecule has 1 aliphatic rings. The van der Waals surface area contributed by atoms with E-state index in [1.54, 1.807) is 0 Å². The summed E-state index contributed by atoms with van der Waals surface area (Å²) >= 11 is 1.27. The van der Waals surface area contributed by atoms with Crippen LogP contribution in [0.1, 0.15) is 16.7 Å². The molecule has 1 unspecified atom stereocenters. The van der Waals surface area contributed by atoms with Crippen LogP contribution in [0.25, 0.3) is 0 Å². The second-order valence-electron chi connectivity index (χ2n) is 7.82. The van der Waals surface area contributed by atoms with Crippen LogP contribution in [0.15, 0.2) is 89.5 Å². The molecule has 4 rings (SSSR count). The Labute approximate surface area is 197 Å². The van der Waals surface area contributed by atoms with Gasteiger partial charge in [-0.1, -0.05) is 78.5 Å². The monoisotopic (exact) mass is 453 g/mol. The van der Waals surface area contributed by atoms with Crippen molar-refractivity contribution in [2.24, 2.45) is 0 Å². The number of nitriles is 1. The zero-order chi connectivity index (χ0) is 23.4. The first kappa shape index (κ1) is 22.4. The van der Waals surface area contributed by atoms with Crippen molar-refractivity contribution < 1.29 is 9.59 Å². The van der Waals surface area contributed by atoms with Gasteiger partial charge in [-0.25, -0.2) is 0 Å². The number of para-hydroxylation sites is 2. The molecule has 1 N–H and O–H groups in total. The van der Waals surface area contributed by atoms with Crippen molar-refractivity contribution in [2.45, 2.75) is 25.5 Å². The van der Waals surface area contributed by atoms with E-state index in [2.05, 4.69) is 11.4 Å². The third-order valence-electron chi connectivity index (χ3n) is 5.50. The zero-order valence-corrected chi connectivity index (χ0v) is 19.2. The minimum atomic E-state index is -0.522. The normalized spacial score (nSPS) is 16.9. The van der Waals surface area contributed by atoms with E-state index in [1.807, 2.05) is 92.7 Å². The molecule has 3 aromatic carbocycles. The van der Waals surface area contributed by atoms with Gasteiger partial charge in [0.2, 0.25) is 5.91 Å². The molecule has 164 valence electrons. The summed E-state index contributed by atoms with van der Waals surface area (Å²) in [5, 5.41) is 12.8. The number of thioether (sulfide) groups is 1. The predicted molar refractivity (Wildman–Crippen MR) is 133 cm³/mol. The first-order chi connectivity index (χ1) is 16.0. The molecule has 1 heterocycles. The smallest absolute Gasteiger partial charge is 0.269 e. The predicted octanol–water partition coefficient (Wildman–Crippen LogP) is 5.37. The Balaban J connectivity index is 1.74. The maximum atomic E-state index is 13.5. The van der Waals surface area contributed by atoms with Crippen LogP contribution in [0.5, 0.6) is 0 Å². The van der Waals surface area contributed by atoms with Gasteiger partial charge in [-0.15, -0.1) is 0 Å². The summed E-state index contributed by atoms with van der Waals surface area (Å²) in [5.41, 5.74) is 4.07. The van der Waals surface area contributed by atoms with Gasteiger partial charge in [0.25, 0.3) is 5.91 Å². The molecule has 1 fully saturated rings. The molecule has 1 saturated heterocycles. The van der Waals surface area contributed by atoms with Crippen LogP contribution in [-0.4, -0.2) is 17.1 Å². The highest BCUT2D eigenvalue weighted by Crippen LogP contribution is 2.42. The van der Waals surface area contributed by atoms with Crippen molar-refractivity contribution in [3.8, 4) is 6.07 Å². The number of carbonyl (C=O) groups is 2. The summed E-state index contributed by atoms with van der Waals surface area (Å²) in [5.74, 6) is -0.663. The van der Waals surface area contributed by atoms with E-state index in [4.69, 9.17) is 0 Å². The van der Waals surface area contributed by atoms with E-state index < -0.39 is 11.2 Å². The molecule has 3 aromatic rings. The molecule has 0 aliphatic carbocycles. The fraction of sp³-hybridized carbons (Fsp3) is 0.148. The lowest BCUT2D eigenvalue weighted by Gasteiger charge is -2.19. The van der Waals surface area contributed by atoms with Crippen molar-refractivity contribution in [1.82, 2.24) is 0 Å². The Morgan fingerprint density at radius 1 is 0.970 bits per heavy atom. The van der Waals surface area contributed by atoms with E-state index in [0.717, 1.165) is 16.7 Å². The summed E-state index contributed by atoms with van der Waals surface area (Å²) in [6.45, 7) is 3.81. The zero-order valence-electron chi connectivity index (χ0n) is 18.4. The van der Waals surface area contributed by atoms with Gasteiger partial charge in [-0.05, 0) is 49.1 Å². The van der Waals surface area contributed by atoms with Crippen LogP contribution in [0, 0.1) is 25.2 Å². The molecule has 0 bridgehead atoms. The fourth-order valence-corrected chi connectivity index (χ4v) is 5.12. The van der Waals surface area contributed by atoms with Crippen molar-refractivity contribution in [1.29, 1.82) is 5.26 Å². The highest BCUT2D eigenvalue weighted by molar-refractivity contribution is 8.05. The van der Waals surface area contributed by atoms with Gasteiger partial charge in [0.05, 0.1) is 5.25 Å². The number of anilines is 2. The van der Waals surface area contributed by atoms with Gasteiger partial charge in [-0.2, -0.15) is 5.26 Å². The number of hydrogen-bond donors (Lipinski definition) is 1. The molecule has 6 heteroatoms. The highest BCUT2D eigenvalue weighted by atomic mass is 32.2. The van der Waals surface area contributed by atoms with Crippen molar-refractivity contribution in [2.75, 3.05) is 10.2 Å². The number of amides is 2. The van der Waals surface area contributed by atoms with Crippen molar-refractivity contribution in [3.63, 3.8) is 0 Å². The van der Waals surface area contributed by atoms with Gasteiger partial charge in [0, 0.05) is 11.4 Å². The summed E-state index contributed by atoms with van der Waals surface area (Å²) in [4.78, 5) is 28.2. The summed E-state index contributed by atoms with van der Waals surface area (Å²) in [6, 6.07) is 26.7. The molecule has 1 atom stereocenters. The summed E-state index contributed by atoms with van der Waals surface area (Å²) in [7, 11) is 0. The van der Waals surface area contributed by atoms with Gasteiger partial charge in [0.15, 0.2) is 0 Å². The van der Waals surface area contributed by atoms with Crippen LogP contribution in [0.2, 0.25) is 0 Å². The topological polar surface area (TPSA) is 73.2 Å². The standard InChI is InChI=1S/C27H23N3O2S/c1-18-10-9-11-19(2)24(18)29-25(31)22(17-28)27-30(21-14-7-4-8-15-21)26(32)23(33-27)16-20-12-5-3-6-13-20/h3-15,23H,16H2,1-2H3,(H,29,31)/b27-22-. The Hall–Kier alpha value is -3.82. The largest absolute Gasteiger partial charge is 0.321 e. The SMILES string of the molecule is Cc1cccc(C)c1NC(=O)/C(C#N)=C1\SC(Cc2ccccc2)C(=O)N1c1ccccc1. The Bertz CT molecular complexity index is 1240. The van der Waals surface area contributed by atoms with Crippen LogP contribution in [0.4, 0.5) is 11.4 Å². The van der Waals surface area contributed by atoms with Gasteiger partial charge in [0.1, 0.15) is 16.7 Å². The molecule has 33 heavy (non-hydrogen) atoms. The molecule has 2 amide bonds. The van der Waals surface area contributed by atoms with E-state index in [-0.39, 0.29) is 11.5 Å². The first-order valence-corrected chi connectivity index (χ1v) is 11.5. The molecular formula is C27H23N3O2S. The minimum Gasteiger partial charge on any atom is -0.321 e. The average molecular weight is 454 g/mol. The maximum Gasteiger partial charge on any atom is 0.269 e. The number of carbonyl (C=O) groups excluding carboxylic acids is 2. The Morgan fingerprint density at radius 3 is 2.18 bits per heavy atom. The second-order valence-corrected chi connectivity index (χ2v) is 9.01. The highest BCUT2D eigenvalue weighted by Gasteiger charge is 2.40. The lowest BCUT2D eigenvalue weighted by atomic mass is 10.1. The van der Waals surface area contributed by atoms with Gasteiger partial charge >= 0.3 is 0 Å². The van der Waals surface area contributed by atoms with E-state index in [9.17, 15) is 14.9 Å². The molecule has 0 radical (unpaired) electrons. The molecule has 0 aromatic heterocycles. The van der Waals surface area contributed by atoms with Gasteiger partial charge in [-0.3, -0.25) is 14.5 Å². The van der Waals surface area contributed by atoms with Crippen LogP contribution in [-0.2, 0) is 16.0 Å². The maximum absolute atomic E-state index is 13.5.